The fourth-order valence-electron chi connectivity index (χ4n) is 2.53. The molecule has 1 heterocycles. The van der Waals surface area contributed by atoms with Crippen LogP contribution in [0.25, 0.3) is 0 Å². The Hall–Kier alpha value is -1.66. The van der Waals surface area contributed by atoms with E-state index in [1.165, 1.54) is 0 Å². The number of hydrogen-bond donors (Lipinski definition) is 2. The third kappa shape index (κ3) is 4.00. The smallest absolute Gasteiger partial charge is 0.234 e. The number of hydrogen-bond acceptors (Lipinski definition) is 3. The summed E-state index contributed by atoms with van der Waals surface area (Å²) in [5.74, 6) is 0.492. The van der Waals surface area contributed by atoms with Crippen molar-refractivity contribution >= 4 is 27.8 Å². The van der Waals surface area contributed by atoms with Gasteiger partial charge in [0.15, 0.2) is 0 Å². The van der Waals surface area contributed by atoms with E-state index in [1.807, 2.05) is 48.9 Å². The minimum atomic E-state index is -0.533. The molecule has 124 valence electrons. The molecular formula is C17H23BrN4O. The number of aromatic nitrogens is 2. The number of carbonyl (C=O) groups is 1. The zero-order chi connectivity index (χ0) is 16.9. The molecule has 23 heavy (non-hydrogen) atoms. The van der Waals surface area contributed by atoms with Gasteiger partial charge in [0, 0.05) is 23.4 Å². The SMILES string of the molecule is CCC(CC)(CN)C(=O)Nc1nccn1Cc1ccc(Br)cc1. The summed E-state index contributed by atoms with van der Waals surface area (Å²) >= 11 is 3.43. The number of nitrogens with one attached hydrogen (secondary N) is 1. The predicted molar refractivity (Wildman–Crippen MR) is 96.2 cm³/mol. The van der Waals surface area contributed by atoms with Crippen molar-refractivity contribution in [3.8, 4) is 0 Å². The second-order valence-corrected chi connectivity index (χ2v) is 6.57. The molecule has 1 aromatic heterocycles. The Morgan fingerprint density at radius 1 is 1.30 bits per heavy atom. The lowest BCUT2D eigenvalue weighted by molar-refractivity contribution is -0.125. The van der Waals surface area contributed by atoms with E-state index in [-0.39, 0.29) is 5.91 Å². The van der Waals surface area contributed by atoms with Crippen molar-refractivity contribution in [3.63, 3.8) is 0 Å². The summed E-state index contributed by atoms with van der Waals surface area (Å²) in [6.45, 7) is 4.96. The number of nitrogens with two attached hydrogens (primary N) is 1. The van der Waals surface area contributed by atoms with Crippen LogP contribution in [0.3, 0.4) is 0 Å². The number of carbonyl (C=O) groups excluding carboxylic acids is 1. The number of imidazole rings is 1. The van der Waals surface area contributed by atoms with Crippen LogP contribution in [0.2, 0.25) is 0 Å². The monoisotopic (exact) mass is 378 g/mol. The molecule has 0 bridgehead atoms. The van der Waals surface area contributed by atoms with Gasteiger partial charge in [0.25, 0.3) is 0 Å². The maximum atomic E-state index is 12.6. The van der Waals surface area contributed by atoms with E-state index in [0.29, 0.717) is 31.9 Å². The molecule has 3 N–H and O–H groups in total. The van der Waals surface area contributed by atoms with Crippen LogP contribution in [0.4, 0.5) is 5.95 Å². The quantitative estimate of drug-likeness (QED) is 0.775. The first-order valence-corrected chi connectivity index (χ1v) is 8.61. The Labute approximate surface area is 145 Å². The Bertz CT molecular complexity index is 639. The van der Waals surface area contributed by atoms with Gasteiger partial charge >= 0.3 is 0 Å². The van der Waals surface area contributed by atoms with Crippen molar-refractivity contribution in [2.45, 2.75) is 33.2 Å². The molecule has 6 heteroatoms. The molecule has 0 saturated carbocycles. The van der Waals surface area contributed by atoms with Crippen molar-refractivity contribution in [1.82, 2.24) is 9.55 Å². The van der Waals surface area contributed by atoms with Crippen LogP contribution in [0.1, 0.15) is 32.3 Å². The van der Waals surface area contributed by atoms with Gasteiger partial charge in [-0.1, -0.05) is 41.9 Å². The van der Waals surface area contributed by atoms with Crippen LogP contribution in [-0.2, 0) is 11.3 Å². The molecule has 0 aliphatic heterocycles. The van der Waals surface area contributed by atoms with E-state index in [1.54, 1.807) is 6.20 Å². The topological polar surface area (TPSA) is 72.9 Å². The summed E-state index contributed by atoms with van der Waals surface area (Å²) in [6, 6.07) is 8.08. The zero-order valence-corrected chi connectivity index (χ0v) is 15.1. The van der Waals surface area contributed by atoms with E-state index in [4.69, 9.17) is 5.73 Å². The van der Waals surface area contributed by atoms with Crippen molar-refractivity contribution in [2.75, 3.05) is 11.9 Å². The lowest BCUT2D eigenvalue weighted by atomic mass is 9.81. The standard InChI is InChI=1S/C17H23BrN4O/c1-3-17(4-2,12-19)15(23)21-16-20-9-10-22(16)11-13-5-7-14(18)8-6-13/h5-10H,3-4,11-12,19H2,1-2H3,(H,20,21,23). The molecule has 0 radical (unpaired) electrons. The molecule has 2 rings (SSSR count). The minimum absolute atomic E-state index is 0.0618. The van der Waals surface area contributed by atoms with Crippen LogP contribution in [0, 0.1) is 5.41 Å². The lowest BCUT2D eigenvalue weighted by Crippen LogP contribution is -2.42. The Morgan fingerprint density at radius 2 is 1.96 bits per heavy atom. The first-order chi connectivity index (χ1) is 11.0. The van der Waals surface area contributed by atoms with E-state index in [0.717, 1.165) is 10.0 Å². The largest absolute Gasteiger partial charge is 0.329 e. The fraction of sp³-hybridized carbons (Fsp3) is 0.412. The molecule has 2 aromatic rings. The van der Waals surface area contributed by atoms with Gasteiger partial charge in [-0.25, -0.2) is 4.98 Å². The van der Waals surface area contributed by atoms with Gasteiger partial charge in [-0.05, 0) is 30.5 Å². The number of halogens is 1. The number of rotatable bonds is 7. The molecule has 0 saturated heterocycles. The van der Waals surface area contributed by atoms with Gasteiger partial charge in [0.1, 0.15) is 0 Å². The van der Waals surface area contributed by atoms with Gasteiger partial charge < -0.3 is 10.3 Å². The van der Waals surface area contributed by atoms with Gasteiger partial charge in [-0.2, -0.15) is 0 Å². The van der Waals surface area contributed by atoms with Crippen LogP contribution in [-0.4, -0.2) is 22.0 Å². The van der Waals surface area contributed by atoms with E-state index in [9.17, 15) is 4.79 Å². The van der Waals surface area contributed by atoms with Gasteiger partial charge in [-0.3, -0.25) is 10.1 Å². The molecule has 1 amide bonds. The Balaban J connectivity index is 2.15. The average molecular weight is 379 g/mol. The molecular weight excluding hydrogens is 356 g/mol. The molecule has 5 nitrogen and oxygen atoms in total. The van der Waals surface area contributed by atoms with Gasteiger partial charge in [0.05, 0.1) is 12.0 Å². The maximum Gasteiger partial charge on any atom is 0.234 e. The predicted octanol–water partition coefficient (Wildman–Crippen LogP) is 3.40. The van der Waals surface area contributed by atoms with Crippen molar-refractivity contribution in [3.05, 3.63) is 46.7 Å². The van der Waals surface area contributed by atoms with Crippen LogP contribution in [0.15, 0.2) is 41.1 Å². The van der Waals surface area contributed by atoms with Crippen molar-refractivity contribution in [2.24, 2.45) is 11.1 Å². The molecule has 0 aliphatic carbocycles. The summed E-state index contributed by atoms with van der Waals surface area (Å²) in [6.07, 6.45) is 4.97. The highest BCUT2D eigenvalue weighted by Crippen LogP contribution is 2.26. The highest BCUT2D eigenvalue weighted by atomic mass is 79.9. The highest BCUT2D eigenvalue weighted by Gasteiger charge is 2.34. The number of nitrogens with zero attached hydrogens (tertiary/aromatic N) is 2. The Kier molecular flexibility index (Phi) is 5.96. The lowest BCUT2D eigenvalue weighted by Gasteiger charge is -2.28. The van der Waals surface area contributed by atoms with E-state index < -0.39 is 5.41 Å². The van der Waals surface area contributed by atoms with Crippen LogP contribution in [0.5, 0.6) is 0 Å². The minimum Gasteiger partial charge on any atom is -0.329 e. The Morgan fingerprint density at radius 3 is 2.52 bits per heavy atom. The normalized spacial score (nSPS) is 11.5. The van der Waals surface area contributed by atoms with E-state index >= 15 is 0 Å². The molecule has 0 aliphatic rings. The average Bonchev–Trinajstić information content (AvgIpc) is 2.99. The summed E-state index contributed by atoms with van der Waals surface area (Å²) in [5.41, 5.74) is 6.45. The molecule has 0 atom stereocenters. The van der Waals surface area contributed by atoms with Crippen molar-refractivity contribution < 1.29 is 4.79 Å². The number of amides is 1. The second-order valence-electron chi connectivity index (χ2n) is 5.65. The van der Waals surface area contributed by atoms with Crippen LogP contribution >= 0.6 is 15.9 Å². The number of benzene rings is 1. The van der Waals surface area contributed by atoms with Gasteiger partial charge in [-0.15, -0.1) is 0 Å². The maximum absolute atomic E-state index is 12.6. The first-order valence-electron chi connectivity index (χ1n) is 7.81. The number of anilines is 1. The van der Waals surface area contributed by atoms with Crippen LogP contribution < -0.4 is 11.1 Å². The summed E-state index contributed by atoms with van der Waals surface area (Å²) < 4.78 is 2.97. The van der Waals surface area contributed by atoms with E-state index in [2.05, 4.69) is 26.2 Å². The van der Waals surface area contributed by atoms with Gasteiger partial charge in [0.2, 0.25) is 11.9 Å². The molecule has 0 unspecified atom stereocenters. The highest BCUT2D eigenvalue weighted by molar-refractivity contribution is 9.10. The third-order valence-corrected chi connectivity index (χ3v) is 4.96. The summed E-state index contributed by atoms with van der Waals surface area (Å²) in [4.78, 5) is 16.9. The third-order valence-electron chi connectivity index (χ3n) is 4.43. The molecule has 0 fully saturated rings. The molecule has 1 aromatic carbocycles. The zero-order valence-electron chi connectivity index (χ0n) is 13.6. The molecule has 0 spiro atoms. The second kappa shape index (κ2) is 7.75. The fourth-order valence-corrected chi connectivity index (χ4v) is 2.80. The summed E-state index contributed by atoms with van der Waals surface area (Å²) in [5, 5.41) is 2.94. The van der Waals surface area contributed by atoms with Crippen molar-refractivity contribution in [1.29, 1.82) is 0 Å². The first kappa shape index (κ1) is 17.7. The summed E-state index contributed by atoms with van der Waals surface area (Å²) in [7, 11) is 0.